The molecule has 1 aromatic rings. The Balaban J connectivity index is 1.44. The van der Waals surface area contributed by atoms with Crippen molar-refractivity contribution >= 4 is 5.97 Å². The zero-order valence-corrected chi connectivity index (χ0v) is 16.5. The van der Waals surface area contributed by atoms with Gasteiger partial charge in [-0.2, -0.15) is 0 Å². The fraction of sp³-hybridized carbons (Fsp3) is 0.667. The average Bonchev–Trinajstić information content (AvgIpc) is 2.71. The van der Waals surface area contributed by atoms with Crippen molar-refractivity contribution < 1.29 is 24.5 Å². The fourth-order valence-corrected chi connectivity index (χ4v) is 3.85. The summed E-state index contributed by atoms with van der Waals surface area (Å²) in [5.74, 6) is -0.782. The van der Waals surface area contributed by atoms with Gasteiger partial charge in [0.05, 0.1) is 31.8 Å². The number of para-hydroxylation sites is 1. The Morgan fingerprint density at radius 1 is 1.14 bits per heavy atom. The molecule has 2 N–H and O–H groups in total. The van der Waals surface area contributed by atoms with E-state index in [1.54, 1.807) is 0 Å². The minimum atomic E-state index is -0.929. The molecule has 0 bridgehead atoms. The number of aliphatic carboxylic acids is 1. The zero-order chi connectivity index (χ0) is 19.8. The molecular weight excluding hydrogens is 360 g/mol. The van der Waals surface area contributed by atoms with Crippen molar-refractivity contribution in [3.63, 3.8) is 0 Å². The number of morpholine rings is 1. The molecule has 1 aromatic carbocycles. The van der Waals surface area contributed by atoms with Gasteiger partial charge < -0.3 is 19.7 Å². The van der Waals surface area contributed by atoms with E-state index in [1.807, 2.05) is 24.3 Å². The van der Waals surface area contributed by atoms with Gasteiger partial charge in [-0.25, -0.2) is 0 Å². The lowest BCUT2D eigenvalue weighted by molar-refractivity contribution is -0.149. The number of aliphatic hydroxyl groups is 1. The van der Waals surface area contributed by atoms with Crippen LogP contribution in [0.15, 0.2) is 24.3 Å². The number of aliphatic hydroxyl groups excluding tert-OH is 1. The molecule has 2 aliphatic heterocycles. The molecule has 156 valence electrons. The van der Waals surface area contributed by atoms with E-state index in [0.717, 1.165) is 57.0 Å². The van der Waals surface area contributed by atoms with Crippen LogP contribution in [-0.4, -0.2) is 84.6 Å². The topological polar surface area (TPSA) is 82.5 Å². The Morgan fingerprint density at radius 3 is 2.71 bits per heavy atom. The number of rotatable bonds is 9. The summed E-state index contributed by atoms with van der Waals surface area (Å²) in [6, 6.07) is 7.95. The predicted octanol–water partition coefficient (Wildman–Crippen LogP) is 1.45. The van der Waals surface area contributed by atoms with Crippen LogP contribution in [0.5, 0.6) is 5.75 Å². The first-order chi connectivity index (χ1) is 13.6. The smallest absolute Gasteiger partial charge is 0.310 e. The summed E-state index contributed by atoms with van der Waals surface area (Å²) in [7, 11) is 0. The van der Waals surface area contributed by atoms with Gasteiger partial charge >= 0.3 is 5.97 Å². The van der Waals surface area contributed by atoms with Crippen molar-refractivity contribution in [1.82, 2.24) is 9.80 Å². The van der Waals surface area contributed by atoms with Crippen molar-refractivity contribution in [2.75, 3.05) is 52.5 Å². The van der Waals surface area contributed by atoms with Gasteiger partial charge in [0.2, 0.25) is 0 Å². The highest BCUT2D eigenvalue weighted by atomic mass is 16.5. The van der Waals surface area contributed by atoms with Crippen LogP contribution in [0.3, 0.4) is 0 Å². The van der Waals surface area contributed by atoms with Gasteiger partial charge in [0, 0.05) is 38.3 Å². The van der Waals surface area contributed by atoms with Gasteiger partial charge in [0.1, 0.15) is 5.75 Å². The third-order valence-corrected chi connectivity index (χ3v) is 5.57. The number of piperidine rings is 1. The molecule has 7 heteroatoms. The van der Waals surface area contributed by atoms with Crippen LogP contribution in [0.4, 0.5) is 0 Å². The van der Waals surface area contributed by atoms with Gasteiger partial charge in [0.15, 0.2) is 0 Å². The Labute approximate surface area is 166 Å². The van der Waals surface area contributed by atoms with Gasteiger partial charge in [-0.05, 0) is 31.9 Å². The minimum absolute atomic E-state index is 0.365. The fourth-order valence-electron chi connectivity index (χ4n) is 3.85. The molecule has 2 fully saturated rings. The van der Waals surface area contributed by atoms with Crippen LogP contribution in [0.2, 0.25) is 0 Å². The van der Waals surface area contributed by atoms with Crippen LogP contribution >= 0.6 is 0 Å². The van der Waals surface area contributed by atoms with Crippen molar-refractivity contribution in [3.8, 4) is 5.75 Å². The number of likely N-dealkylation sites (tertiary alicyclic amines) is 1. The van der Waals surface area contributed by atoms with Crippen LogP contribution in [0.1, 0.15) is 24.8 Å². The van der Waals surface area contributed by atoms with E-state index >= 15 is 0 Å². The lowest BCUT2D eigenvalue weighted by Gasteiger charge is -2.34. The average molecular weight is 392 g/mol. The summed E-state index contributed by atoms with van der Waals surface area (Å²) in [6.45, 7) is 7.17. The van der Waals surface area contributed by atoms with Gasteiger partial charge in [-0.15, -0.1) is 0 Å². The lowest BCUT2D eigenvalue weighted by Crippen LogP contribution is -2.46. The van der Waals surface area contributed by atoms with Crippen LogP contribution in [0, 0.1) is 5.92 Å². The van der Waals surface area contributed by atoms with Crippen molar-refractivity contribution in [2.45, 2.75) is 31.9 Å². The maximum absolute atomic E-state index is 11.3. The minimum Gasteiger partial charge on any atom is -0.493 e. The monoisotopic (exact) mass is 392 g/mol. The maximum atomic E-state index is 11.3. The molecule has 2 saturated heterocycles. The molecule has 0 amide bonds. The highest BCUT2D eigenvalue weighted by molar-refractivity contribution is 5.71. The predicted molar refractivity (Wildman–Crippen MR) is 105 cm³/mol. The third kappa shape index (κ3) is 6.17. The van der Waals surface area contributed by atoms with Gasteiger partial charge in [-0.1, -0.05) is 18.2 Å². The van der Waals surface area contributed by atoms with E-state index < -0.39 is 18.0 Å². The van der Waals surface area contributed by atoms with Crippen LogP contribution in [-0.2, 0) is 16.1 Å². The number of carboxylic acids is 1. The number of hydrogen-bond acceptors (Lipinski definition) is 6. The third-order valence-electron chi connectivity index (χ3n) is 5.57. The van der Waals surface area contributed by atoms with E-state index in [-0.39, 0.29) is 0 Å². The summed E-state index contributed by atoms with van der Waals surface area (Å²) >= 11 is 0. The molecule has 2 atom stereocenters. The second kappa shape index (κ2) is 10.8. The number of benzene rings is 1. The van der Waals surface area contributed by atoms with Crippen LogP contribution < -0.4 is 4.74 Å². The largest absolute Gasteiger partial charge is 0.493 e. The summed E-state index contributed by atoms with van der Waals surface area (Å²) in [4.78, 5) is 15.8. The molecule has 0 aliphatic carbocycles. The van der Waals surface area contributed by atoms with E-state index in [1.165, 1.54) is 0 Å². The summed E-state index contributed by atoms with van der Waals surface area (Å²) in [5, 5.41) is 19.2. The summed E-state index contributed by atoms with van der Waals surface area (Å²) in [6.07, 6.45) is 1.84. The highest BCUT2D eigenvalue weighted by Crippen LogP contribution is 2.24. The van der Waals surface area contributed by atoms with E-state index in [0.29, 0.717) is 32.7 Å². The quantitative estimate of drug-likeness (QED) is 0.616. The Bertz CT molecular complexity index is 621. The number of carboxylic acid groups (broad SMARTS) is 1. The molecule has 28 heavy (non-hydrogen) atoms. The summed E-state index contributed by atoms with van der Waals surface area (Å²) in [5.41, 5.74) is 1.07. The molecular formula is C21H32N2O5. The molecule has 0 aromatic heterocycles. The Kier molecular flexibility index (Phi) is 8.09. The van der Waals surface area contributed by atoms with Crippen molar-refractivity contribution in [1.29, 1.82) is 0 Å². The first kappa shape index (κ1) is 21.0. The Morgan fingerprint density at radius 2 is 1.93 bits per heavy atom. The van der Waals surface area contributed by atoms with Crippen molar-refractivity contribution in [2.24, 2.45) is 5.92 Å². The SMILES string of the molecule is O=C(O)[C@@H]1CN(Cc2ccccc2OCCCCN2CCOCC2)CC[C@H]1O. The van der Waals surface area contributed by atoms with E-state index in [2.05, 4.69) is 9.80 Å². The second-order valence-electron chi connectivity index (χ2n) is 7.65. The Hall–Kier alpha value is -1.67. The van der Waals surface area contributed by atoms with Gasteiger partial charge in [0.25, 0.3) is 0 Å². The first-order valence-corrected chi connectivity index (χ1v) is 10.3. The molecule has 3 rings (SSSR count). The van der Waals surface area contributed by atoms with E-state index in [9.17, 15) is 15.0 Å². The maximum Gasteiger partial charge on any atom is 0.310 e. The van der Waals surface area contributed by atoms with E-state index in [4.69, 9.17) is 9.47 Å². The highest BCUT2D eigenvalue weighted by Gasteiger charge is 2.33. The number of ether oxygens (including phenoxy) is 2. The molecule has 2 aliphatic rings. The molecule has 2 heterocycles. The zero-order valence-electron chi connectivity index (χ0n) is 16.5. The molecule has 7 nitrogen and oxygen atoms in total. The molecule has 0 radical (unpaired) electrons. The number of unbranched alkanes of at least 4 members (excludes halogenated alkanes) is 1. The standard InChI is InChI=1S/C21H32N2O5/c24-19-7-9-23(16-18(19)21(25)26)15-17-5-1-2-6-20(17)28-12-4-3-8-22-10-13-27-14-11-22/h1-2,5-6,18-19,24H,3-4,7-16H2,(H,25,26)/t18-,19-/m1/s1. The van der Waals surface area contributed by atoms with Crippen molar-refractivity contribution in [3.05, 3.63) is 29.8 Å². The van der Waals surface area contributed by atoms with Crippen LogP contribution in [0.25, 0.3) is 0 Å². The first-order valence-electron chi connectivity index (χ1n) is 10.3. The molecule has 0 spiro atoms. The number of nitrogens with zero attached hydrogens (tertiary/aromatic N) is 2. The molecule has 0 unspecified atom stereocenters. The summed E-state index contributed by atoms with van der Waals surface area (Å²) < 4.78 is 11.4. The molecule has 0 saturated carbocycles. The second-order valence-corrected chi connectivity index (χ2v) is 7.65. The lowest BCUT2D eigenvalue weighted by atomic mass is 9.94. The number of carbonyl (C=O) groups is 1. The van der Waals surface area contributed by atoms with Gasteiger partial charge in [-0.3, -0.25) is 14.6 Å². The number of hydrogen-bond donors (Lipinski definition) is 2. The normalized spacial score (nSPS) is 24.2.